The lowest BCUT2D eigenvalue weighted by Crippen LogP contribution is -2.05. The number of para-hydroxylation sites is 1. The summed E-state index contributed by atoms with van der Waals surface area (Å²) < 4.78 is 0. The van der Waals surface area contributed by atoms with E-state index in [1.165, 1.54) is 11.1 Å². The van der Waals surface area contributed by atoms with Gasteiger partial charge in [-0.05, 0) is 23.3 Å². The van der Waals surface area contributed by atoms with E-state index in [4.69, 9.17) is 4.98 Å². The van der Waals surface area contributed by atoms with Crippen molar-refractivity contribution in [1.82, 2.24) is 4.98 Å². The Bertz CT molecular complexity index is 925. The van der Waals surface area contributed by atoms with E-state index >= 15 is 0 Å². The van der Waals surface area contributed by atoms with Crippen molar-refractivity contribution >= 4 is 10.9 Å². The summed E-state index contributed by atoms with van der Waals surface area (Å²) in [6.45, 7) is 0. The van der Waals surface area contributed by atoms with E-state index in [2.05, 4.69) is 24.3 Å². The molecule has 2 heteroatoms. The lowest BCUT2D eigenvalue weighted by molar-refractivity contribution is 0.480. The first kappa shape index (κ1) is 14.5. The van der Waals surface area contributed by atoms with E-state index in [1.54, 1.807) is 6.07 Å². The number of hydrogen-bond acceptors (Lipinski definition) is 2. The molecule has 0 spiro atoms. The van der Waals surface area contributed by atoms with E-state index in [9.17, 15) is 5.11 Å². The van der Waals surface area contributed by atoms with Crippen molar-refractivity contribution in [3.05, 3.63) is 108 Å². The summed E-state index contributed by atoms with van der Waals surface area (Å²) in [6, 6.07) is 30.3. The van der Waals surface area contributed by atoms with Gasteiger partial charge in [0.25, 0.3) is 0 Å². The van der Waals surface area contributed by atoms with Gasteiger partial charge in [-0.2, -0.15) is 0 Å². The van der Waals surface area contributed by atoms with Gasteiger partial charge in [-0.25, -0.2) is 4.98 Å². The fourth-order valence-corrected chi connectivity index (χ4v) is 3.13. The first-order valence-electron chi connectivity index (χ1n) is 8.01. The van der Waals surface area contributed by atoms with Gasteiger partial charge in [-0.15, -0.1) is 0 Å². The number of rotatable bonds is 3. The van der Waals surface area contributed by atoms with Crippen LogP contribution in [-0.4, -0.2) is 10.1 Å². The van der Waals surface area contributed by atoms with Crippen molar-refractivity contribution in [3.8, 4) is 5.75 Å². The molecule has 3 aromatic carbocycles. The number of benzene rings is 3. The van der Waals surface area contributed by atoms with Crippen molar-refractivity contribution in [1.29, 1.82) is 0 Å². The zero-order valence-corrected chi connectivity index (χ0v) is 13.1. The van der Waals surface area contributed by atoms with Gasteiger partial charge in [0.05, 0.1) is 11.6 Å². The summed E-state index contributed by atoms with van der Waals surface area (Å²) in [6.07, 6.45) is 0. The molecule has 4 aromatic rings. The SMILES string of the molecule is Oc1cccc2ccc(C(c3ccccc3)c3ccccc3)nc12. The van der Waals surface area contributed by atoms with Crippen LogP contribution < -0.4 is 0 Å². The largest absolute Gasteiger partial charge is 0.506 e. The summed E-state index contributed by atoms with van der Waals surface area (Å²) in [7, 11) is 0. The van der Waals surface area contributed by atoms with Crippen LogP contribution in [0.4, 0.5) is 0 Å². The highest BCUT2D eigenvalue weighted by Crippen LogP contribution is 2.33. The number of hydrogen-bond donors (Lipinski definition) is 1. The zero-order chi connectivity index (χ0) is 16.4. The monoisotopic (exact) mass is 311 g/mol. The van der Waals surface area contributed by atoms with Crippen LogP contribution in [0.2, 0.25) is 0 Å². The van der Waals surface area contributed by atoms with Crippen molar-refractivity contribution in [2.75, 3.05) is 0 Å². The molecule has 1 N–H and O–H groups in total. The maximum Gasteiger partial charge on any atom is 0.141 e. The highest BCUT2D eigenvalue weighted by molar-refractivity contribution is 5.84. The van der Waals surface area contributed by atoms with Crippen LogP contribution in [0.15, 0.2) is 91.0 Å². The lowest BCUT2D eigenvalue weighted by atomic mass is 9.88. The predicted molar refractivity (Wildman–Crippen MR) is 97.2 cm³/mol. The van der Waals surface area contributed by atoms with E-state index in [-0.39, 0.29) is 11.7 Å². The normalized spacial score (nSPS) is 11.0. The third-order valence-corrected chi connectivity index (χ3v) is 4.28. The van der Waals surface area contributed by atoms with E-state index in [0.29, 0.717) is 5.52 Å². The molecule has 24 heavy (non-hydrogen) atoms. The molecule has 0 unspecified atom stereocenters. The minimum absolute atomic E-state index is 0.0383. The maximum atomic E-state index is 10.2. The highest BCUT2D eigenvalue weighted by atomic mass is 16.3. The predicted octanol–water partition coefficient (Wildman–Crippen LogP) is 5.12. The molecule has 0 saturated carbocycles. The minimum Gasteiger partial charge on any atom is -0.506 e. The molecule has 0 aliphatic rings. The fraction of sp³-hybridized carbons (Fsp3) is 0.0455. The molecule has 0 aliphatic carbocycles. The molecule has 2 nitrogen and oxygen atoms in total. The van der Waals surface area contributed by atoms with Crippen molar-refractivity contribution < 1.29 is 5.11 Å². The van der Waals surface area contributed by atoms with Crippen molar-refractivity contribution in [3.63, 3.8) is 0 Å². The molecule has 1 heterocycles. The molecule has 0 amide bonds. The van der Waals surface area contributed by atoms with Crippen molar-refractivity contribution in [2.24, 2.45) is 0 Å². The number of phenolic OH excluding ortho intramolecular Hbond substituents is 1. The minimum atomic E-state index is 0.0383. The standard InChI is InChI=1S/C22H17NO/c24-20-13-7-12-18-14-15-19(23-22(18)20)21(16-8-3-1-4-9-16)17-10-5-2-6-11-17/h1-15,21,24H. The molecule has 116 valence electrons. The zero-order valence-electron chi connectivity index (χ0n) is 13.1. The fourth-order valence-electron chi connectivity index (χ4n) is 3.13. The van der Waals surface area contributed by atoms with Gasteiger partial charge in [-0.1, -0.05) is 78.9 Å². The second-order valence-corrected chi connectivity index (χ2v) is 5.84. The van der Waals surface area contributed by atoms with Gasteiger partial charge in [0.15, 0.2) is 0 Å². The molecule has 4 rings (SSSR count). The van der Waals surface area contributed by atoms with Gasteiger partial charge in [0.2, 0.25) is 0 Å². The number of pyridine rings is 1. The molecule has 0 saturated heterocycles. The number of aromatic nitrogens is 1. The summed E-state index contributed by atoms with van der Waals surface area (Å²) >= 11 is 0. The molecule has 0 atom stereocenters. The van der Waals surface area contributed by atoms with Crippen LogP contribution in [0.3, 0.4) is 0 Å². The molecule has 0 radical (unpaired) electrons. The van der Waals surface area contributed by atoms with Crippen molar-refractivity contribution in [2.45, 2.75) is 5.92 Å². The number of nitrogens with zero attached hydrogens (tertiary/aromatic N) is 1. The summed E-state index contributed by atoms with van der Waals surface area (Å²) in [5.74, 6) is 0.255. The number of fused-ring (bicyclic) bond motifs is 1. The Morgan fingerprint density at radius 1 is 0.625 bits per heavy atom. The quantitative estimate of drug-likeness (QED) is 0.569. The Hall–Kier alpha value is -3.13. The Labute approximate surface area is 141 Å². The average Bonchev–Trinajstić information content (AvgIpc) is 2.64. The Morgan fingerprint density at radius 3 is 1.88 bits per heavy atom. The molecular weight excluding hydrogens is 294 g/mol. The van der Waals surface area contributed by atoms with Crippen LogP contribution in [0, 0.1) is 0 Å². The Balaban J connectivity index is 1.92. The van der Waals surface area contributed by atoms with E-state index in [0.717, 1.165) is 11.1 Å². The third-order valence-electron chi connectivity index (χ3n) is 4.28. The van der Waals surface area contributed by atoms with Gasteiger partial charge in [0.1, 0.15) is 11.3 Å². The Morgan fingerprint density at radius 2 is 1.25 bits per heavy atom. The second kappa shape index (κ2) is 6.17. The smallest absolute Gasteiger partial charge is 0.141 e. The third kappa shape index (κ3) is 2.63. The second-order valence-electron chi connectivity index (χ2n) is 5.84. The van der Waals surface area contributed by atoms with Gasteiger partial charge >= 0.3 is 0 Å². The summed E-state index contributed by atoms with van der Waals surface area (Å²) in [5, 5.41) is 11.1. The molecule has 0 fully saturated rings. The highest BCUT2D eigenvalue weighted by Gasteiger charge is 2.18. The topological polar surface area (TPSA) is 33.1 Å². The molecule has 0 bridgehead atoms. The first-order chi connectivity index (χ1) is 11.8. The molecule has 0 aliphatic heterocycles. The number of aromatic hydroxyl groups is 1. The molecular formula is C22H17NO. The van der Waals surface area contributed by atoms with Crippen LogP contribution in [0.1, 0.15) is 22.7 Å². The maximum absolute atomic E-state index is 10.2. The van der Waals surface area contributed by atoms with Gasteiger partial charge in [-0.3, -0.25) is 0 Å². The number of phenols is 1. The Kier molecular flexibility index (Phi) is 3.72. The lowest BCUT2D eigenvalue weighted by Gasteiger charge is -2.18. The van der Waals surface area contributed by atoms with Crippen LogP contribution in [-0.2, 0) is 0 Å². The summed E-state index contributed by atoms with van der Waals surface area (Å²) in [4.78, 5) is 4.78. The first-order valence-corrected chi connectivity index (χ1v) is 8.01. The van der Waals surface area contributed by atoms with Crippen LogP contribution in [0.25, 0.3) is 10.9 Å². The molecule has 1 aromatic heterocycles. The van der Waals surface area contributed by atoms with Gasteiger partial charge < -0.3 is 5.11 Å². The van der Waals surface area contributed by atoms with Gasteiger partial charge in [0, 0.05) is 5.39 Å². The summed E-state index contributed by atoms with van der Waals surface area (Å²) in [5.41, 5.74) is 3.95. The average molecular weight is 311 g/mol. The van der Waals surface area contributed by atoms with E-state index in [1.807, 2.05) is 60.7 Å². The van der Waals surface area contributed by atoms with Crippen LogP contribution >= 0.6 is 0 Å². The van der Waals surface area contributed by atoms with E-state index < -0.39 is 0 Å². The van der Waals surface area contributed by atoms with Crippen LogP contribution in [0.5, 0.6) is 5.75 Å².